The van der Waals surface area contributed by atoms with Crippen molar-refractivity contribution in [2.45, 2.75) is 37.8 Å². The van der Waals surface area contributed by atoms with Gasteiger partial charge in [-0.25, -0.2) is 4.98 Å². The van der Waals surface area contributed by atoms with Crippen LogP contribution in [0.5, 0.6) is 0 Å². The summed E-state index contributed by atoms with van der Waals surface area (Å²) in [5.41, 5.74) is 0.418. The lowest BCUT2D eigenvalue weighted by atomic mass is 10.0. The number of pyridine rings is 1. The monoisotopic (exact) mass is 220 g/mol. The predicted molar refractivity (Wildman–Crippen MR) is 56.4 cm³/mol. The number of halogens is 1. The molecule has 1 aliphatic heterocycles. The molecule has 4 heteroatoms. The van der Waals surface area contributed by atoms with E-state index in [-0.39, 0.29) is 5.91 Å². The molecule has 0 spiro atoms. The molecule has 0 N–H and O–H groups in total. The number of aromatic nitrogens is 1. The Balaban J connectivity index is 1.79. The SMILES string of the molecule is O=C(c1ccnc(F)c1)N1C2CCCCC21. The summed E-state index contributed by atoms with van der Waals surface area (Å²) >= 11 is 0. The maximum atomic E-state index is 12.9. The fourth-order valence-electron chi connectivity index (χ4n) is 2.69. The number of likely N-dealkylation sites (tertiary alicyclic amines) is 1. The van der Waals surface area contributed by atoms with Gasteiger partial charge in [-0.15, -0.1) is 0 Å². The van der Waals surface area contributed by atoms with Crippen LogP contribution in [0.4, 0.5) is 4.39 Å². The molecule has 1 aliphatic carbocycles. The molecule has 3 rings (SSSR count). The van der Waals surface area contributed by atoms with Crippen LogP contribution in [0, 0.1) is 5.95 Å². The third-order valence-electron chi connectivity index (χ3n) is 3.53. The number of hydrogen-bond donors (Lipinski definition) is 0. The van der Waals surface area contributed by atoms with Crippen molar-refractivity contribution in [1.29, 1.82) is 0 Å². The Morgan fingerprint density at radius 1 is 1.38 bits per heavy atom. The highest BCUT2D eigenvalue weighted by molar-refractivity contribution is 5.96. The highest BCUT2D eigenvalue weighted by Crippen LogP contribution is 2.41. The molecular formula is C12H13FN2O. The Morgan fingerprint density at radius 2 is 2.06 bits per heavy atom. The van der Waals surface area contributed by atoms with Gasteiger partial charge in [0.2, 0.25) is 5.95 Å². The number of rotatable bonds is 1. The fraction of sp³-hybridized carbons (Fsp3) is 0.500. The van der Waals surface area contributed by atoms with Crippen molar-refractivity contribution in [3.8, 4) is 0 Å². The zero-order chi connectivity index (χ0) is 11.1. The molecular weight excluding hydrogens is 207 g/mol. The Morgan fingerprint density at radius 3 is 2.69 bits per heavy atom. The standard InChI is InChI=1S/C12H13FN2O/c13-11-7-8(5-6-14-11)12(16)15-9-3-1-2-4-10(9)15/h5-7,9-10H,1-4H2. The van der Waals surface area contributed by atoms with Gasteiger partial charge >= 0.3 is 0 Å². The first kappa shape index (κ1) is 9.75. The summed E-state index contributed by atoms with van der Waals surface area (Å²) in [6, 6.07) is 3.62. The van der Waals surface area contributed by atoms with Gasteiger partial charge < -0.3 is 4.90 Å². The first-order valence-electron chi connectivity index (χ1n) is 5.71. The zero-order valence-corrected chi connectivity index (χ0v) is 8.90. The summed E-state index contributed by atoms with van der Waals surface area (Å²) in [4.78, 5) is 17.4. The van der Waals surface area contributed by atoms with E-state index in [0.717, 1.165) is 12.8 Å². The predicted octanol–water partition coefficient (Wildman–Crippen LogP) is 1.99. The maximum Gasteiger partial charge on any atom is 0.254 e. The van der Waals surface area contributed by atoms with Gasteiger partial charge in [0.15, 0.2) is 0 Å². The molecule has 1 saturated heterocycles. The minimum absolute atomic E-state index is 0.0433. The van der Waals surface area contributed by atoms with Gasteiger partial charge in [0.1, 0.15) is 0 Å². The average molecular weight is 220 g/mol. The van der Waals surface area contributed by atoms with Gasteiger partial charge in [-0.1, -0.05) is 12.8 Å². The van der Waals surface area contributed by atoms with E-state index in [1.165, 1.54) is 25.1 Å². The Kier molecular flexibility index (Phi) is 2.16. The molecule has 2 fully saturated rings. The summed E-state index contributed by atoms with van der Waals surface area (Å²) in [6.45, 7) is 0. The number of carbonyl (C=O) groups is 1. The largest absolute Gasteiger partial charge is 0.329 e. The van der Waals surface area contributed by atoms with Crippen molar-refractivity contribution in [3.63, 3.8) is 0 Å². The van der Waals surface area contributed by atoms with Gasteiger partial charge in [0, 0.05) is 17.8 Å². The van der Waals surface area contributed by atoms with Crippen LogP contribution < -0.4 is 0 Å². The highest BCUT2D eigenvalue weighted by Gasteiger charge is 2.51. The summed E-state index contributed by atoms with van der Waals surface area (Å²) < 4.78 is 12.9. The smallest absolute Gasteiger partial charge is 0.254 e. The lowest BCUT2D eigenvalue weighted by molar-refractivity contribution is 0.0864. The second-order valence-electron chi connectivity index (χ2n) is 4.50. The molecule has 2 heterocycles. The molecule has 0 aromatic carbocycles. The third kappa shape index (κ3) is 1.49. The van der Waals surface area contributed by atoms with Gasteiger partial charge in [-0.3, -0.25) is 4.79 Å². The Hall–Kier alpha value is -1.45. The molecule has 84 valence electrons. The van der Waals surface area contributed by atoms with Crippen molar-refractivity contribution in [2.24, 2.45) is 0 Å². The zero-order valence-electron chi connectivity index (χ0n) is 8.90. The van der Waals surface area contributed by atoms with Crippen LogP contribution in [0.15, 0.2) is 18.3 Å². The highest BCUT2D eigenvalue weighted by atomic mass is 19.1. The number of nitrogens with zero attached hydrogens (tertiary/aromatic N) is 2. The third-order valence-corrected chi connectivity index (χ3v) is 3.53. The van der Waals surface area contributed by atoms with E-state index in [2.05, 4.69) is 4.98 Å². The van der Waals surface area contributed by atoms with Crippen molar-refractivity contribution in [1.82, 2.24) is 9.88 Å². The normalized spacial score (nSPS) is 27.4. The van der Waals surface area contributed by atoms with E-state index in [1.54, 1.807) is 6.07 Å². The van der Waals surface area contributed by atoms with Gasteiger partial charge in [0.25, 0.3) is 5.91 Å². The second kappa shape index (κ2) is 3.54. The van der Waals surface area contributed by atoms with Crippen molar-refractivity contribution >= 4 is 5.91 Å². The van der Waals surface area contributed by atoms with Crippen LogP contribution in [0.1, 0.15) is 36.0 Å². The van der Waals surface area contributed by atoms with Crippen LogP contribution in [-0.4, -0.2) is 27.9 Å². The van der Waals surface area contributed by atoms with Crippen LogP contribution >= 0.6 is 0 Å². The topological polar surface area (TPSA) is 33.0 Å². The van der Waals surface area contributed by atoms with Crippen molar-refractivity contribution in [2.75, 3.05) is 0 Å². The fourth-order valence-corrected chi connectivity index (χ4v) is 2.69. The van der Waals surface area contributed by atoms with E-state index >= 15 is 0 Å². The van der Waals surface area contributed by atoms with Crippen LogP contribution in [-0.2, 0) is 0 Å². The molecule has 2 atom stereocenters. The van der Waals surface area contributed by atoms with E-state index in [9.17, 15) is 9.18 Å². The summed E-state index contributed by atoms with van der Waals surface area (Å²) in [7, 11) is 0. The van der Waals surface area contributed by atoms with Crippen LogP contribution in [0.3, 0.4) is 0 Å². The molecule has 16 heavy (non-hydrogen) atoms. The number of fused-ring (bicyclic) bond motifs is 1. The molecule has 0 bridgehead atoms. The van der Waals surface area contributed by atoms with Gasteiger partial charge in [-0.2, -0.15) is 4.39 Å². The van der Waals surface area contributed by atoms with Crippen molar-refractivity contribution in [3.05, 3.63) is 29.8 Å². The first-order chi connectivity index (χ1) is 7.77. The molecule has 2 unspecified atom stereocenters. The summed E-state index contributed by atoms with van der Waals surface area (Å²) in [5, 5.41) is 0. The summed E-state index contributed by atoms with van der Waals surface area (Å²) in [6.07, 6.45) is 5.95. The quantitative estimate of drug-likeness (QED) is 0.535. The van der Waals surface area contributed by atoms with E-state index in [0.29, 0.717) is 17.6 Å². The van der Waals surface area contributed by atoms with E-state index in [4.69, 9.17) is 0 Å². The molecule has 1 amide bonds. The van der Waals surface area contributed by atoms with Crippen LogP contribution in [0.2, 0.25) is 0 Å². The number of amides is 1. The second-order valence-corrected chi connectivity index (χ2v) is 4.50. The summed E-state index contributed by atoms with van der Waals surface area (Å²) in [5.74, 6) is -0.631. The molecule has 1 saturated carbocycles. The first-order valence-corrected chi connectivity index (χ1v) is 5.71. The molecule has 0 radical (unpaired) electrons. The maximum absolute atomic E-state index is 12.9. The minimum atomic E-state index is -0.587. The number of hydrogen-bond acceptors (Lipinski definition) is 2. The molecule has 1 aromatic heterocycles. The van der Waals surface area contributed by atoms with E-state index in [1.807, 2.05) is 4.90 Å². The number of carbonyl (C=O) groups excluding carboxylic acids is 1. The average Bonchev–Trinajstić information content (AvgIpc) is 3.02. The molecule has 3 nitrogen and oxygen atoms in total. The van der Waals surface area contributed by atoms with Gasteiger partial charge in [-0.05, 0) is 18.9 Å². The Bertz CT molecular complexity index is 423. The van der Waals surface area contributed by atoms with Crippen molar-refractivity contribution < 1.29 is 9.18 Å². The Labute approximate surface area is 93.3 Å². The van der Waals surface area contributed by atoms with Crippen LogP contribution in [0.25, 0.3) is 0 Å². The molecule has 1 aromatic rings. The minimum Gasteiger partial charge on any atom is -0.329 e. The van der Waals surface area contributed by atoms with Gasteiger partial charge in [0.05, 0.1) is 12.1 Å². The lowest BCUT2D eigenvalue weighted by Crippen LogP contribution is -2.15. The van der Waals surface area contributed by atoms with E-state index < -0.39 is 5.95 Å². The lowest BCUT2D eigenvalue weighted by Gasteiger charge is -2.03. The molecule has 2 aliphatic rings.